The molecule has 2 aliphatic rings. The van der Waals surface area contributed by atoms with Gasteiger partial charge in [-0.25, -0.2) is 13.1 Å². The van der Waals surface area contributed by atoms with Gasteiger partial charge in [0.25, 0.3) is 10.0 Å². The standard InChI is InChI=1S/C19H25N3O3S/c1-13(2)22-17(8-10-20-22)26(23,24)21-18-15-9-11-25-19(15)16(18)12-14-6-4-3-5-7-14/h3-8,10,13,15-16,18-19,21H,9,11-12H2,1-2H3/t15-,16+,18-,19-/m0/s1. The highest BCUT2D eigenvalue weighted by Gasteiger charge is 2.54. The second-order valence-corrected chi connectivity index (χ2v) is 9.16. The van der Waals surface area contributed by atoms with Gasteiger partial charge in [-0.05, 0) is 38.3 Å². The summed E-state index contributed by atoms with van der Waals surface area (Å²) in [5, 5.41) is 4.39. The summed E-state index contributed by atoms with van der Waals surface area (Å²) >= 11 is 0. The summed E-state index contributed by atoms with van der Waals surface area (Å²) in [7, 11) is -3.62. The Morgan fingerprint density at radius 2 is 2.04 bits per heavy atom. The Balaban J connectivity index is 1.56. The third-order valence-corrected chi connectivity index (χ3v) is 6.99. The number of hydrogen-bond acceptors (Lipinski definition) is 4. The van der Waals surface area contributed by atoms with Crippen LogP contribution in [0.25, 0.3) is 0 Å². The predicted octanol–water partition coefficient (Wildman–Crippen LogP) is 2.39. The minimum Gasteiger partial charge on any atom is -0.377 e. The fourth-order valence-corrected chi connectivity index (χ4v) is 5.85. The predicted molar refractivity (Wildman–Crippen MR) is 98.2 cm³/mol. The Bertz CT molecular complexity index is 863. The summed E-state index contributed by atoms with van der Waals surface area (Å²) in [5.74, 6) is 0.420. The van der Waals surface area contributed by atoms with Gasteiger partial charge < -0.3 is 4.74 Å². The molecule has 4 atom stereocenters. The number of aromatic nitrogens is 2. The lowest BCUT2D eigenvalue weighted by molar-refractivity contribution is -0.0484. The van der Waals surface area contributed by atoms with Crippen LogP contribution in [-0.2, 0) is 21.2 Å². The van der Waals surface area contributed by atoms with Crippen LogP contribution in [0.15, 0.2) is 47.6 Å². The lowest BCUT2D eigenvalue weighted by atomic mass is 9.65. The van der Waals surface area contributed by atoms with Crippen molar-refractivity contribution >= 4 is 10.0 Å². The van der Waals surface area contributed by atoms with Gasteiger partial charge in [0.2, 0.25) is 0 Å². The van der Waals surface area contributed by atoms with Gasteiger partial charge in [-0.2, -0.15) is 5.10 Å². The summed E-state index contributed by atoms with van der Waals surface area (Å²) in [4.78, 5) is 0. The van der Waals surface area contributed by atoms with Crippen molar-refractivity contribution in [2.45, 2.75) is 49.9 Å². The molecule has 1 aliphatic heterocycles. The minimum absolute atomic E-state index is 0.0133. The lowest BCUT2D eigenvalue weighted by Crippen LogP contribution is -2.62. The van der Waals surface area contributed by atoms with E-state index in [2.05, 4.69) is 22.0 Å². The van der Waals surface area contributed by atoms with E-state index in [1.54, 1.807) is 10.7 Å². The molecule has 0 amide bonds. The van der Waals surface area contributed by atoms with Crippen molar-refractivity contribution in [2.75, 3.05) is 6.61 Å². The smallest absolute Gasteiger partial charge is 0.257 e. The molecule has 0 unspecified atom stereocenters. The molecule has 2 heterocycles. The Morgan fingerprint density at radius 1 is 1.27 bits per heavy atom. The maximum atomic E-state index is 13.0. The van der Waals surface area contributed by atoms with Crippen LogP contribution in [0.5, 0.6) is 0 Å². The van der Waals surface area contributed by atoms with Crippen molar-refractivity contribution in [3.8, 4) is 0 Å². The molecule has 1 aromatic heterocycles. The number of sulfonamides is 1. The van der Waals surface area contributed by atoms with Crippen molar-refractivity contribution in [1.82, 2.24) is 14.5 Å². The summed E-state index contributed by atoms with van der Waals surface area (Å²) < 4.78 is 36.4. The van der Waals surface area contributed by atoms with Crippen molar-refractivity contribution in [2.24, 2.45) is 11.8 Å². The largest absolute Gasteiger partial charge is 0.377 e. The van der Waals surface area contributed by atoms with E-state index in [0.29, 0.717) is 6.61 Å². The zero-order valence-corrected chi connectivity index (χ0v) is 15.9. The molecule has 2 aromatic rings. The van der Waals surface area contributed by atoms with Crippen LogP contribution in [0.2, 0.25) is 0 Å². The number of ether oxygens (including phenoxy) is 1. The van der Waals surface area contributed by atoms with Crippen LogP contribution in [0.3, 0.4) is 0 Å². The Hall–Kier alpha value is -1.70. The molecule has 7 heteroatoms. The number of hydrogen-bond donors (Lipinski definition) is 1. The molecule has 140 valence electrons. The van der Waals surface area contributed by atoms with Crippen LogP contribution < -0.4 is 4.72 Å². The fraction of sp³-hybridized carbons (Fsp3) is 0.526. The van der Waals surface area contributed by atoms with Crippen LogP contribution in [0, 0.1) is 11.8 Å². The maximum Gasteiger partial charge on any atom is 0.257 e. The number of benzene rings is 1. The summed E-state index contributed by atoms with van der Waals surface area (Å²) in [6.07, 6.45) is 3.42. The van der Waals surface area contributed by atoms with Crippen molar-refractivity contribution in [3.63, 3.8) is 0 Å². The number of rotatable bonds is 6. The SMILES string of the molecule is CC(C)n1nccc1S(=O)(=O)N[C@@H]1[C@@H](Cc2ccccc2)[C@H]2OCC[C@@H]12. The molecular weight excluding hydrogens is 350 g/mol. The van der Waals surface area contributed by atoms with Gasteiger partial charge in [0.05, 0.1) is 12.3 Å². The molecule has 6 nitrogen and oxygen atoms in total. The Labute approximate surface area is 154 Å². The number of nitrogens with zero attached hydrogens (tertiary/aromatic N) is 2. The van der Waals surface area contributed by atoms with Gasteiger partial charge in [0.1, 0.15) is 0 Å². The molecule has 0 spiro atoms. The zero-order chi connectivity index (χ0) is 18.3. The highest BCUT2D eigenvalue weighted by molar-refractivity contribution is 7.89. The van der Waals surface area contributed by atoms with Gasteiger partial charge in [0, 0.05) is 30.5 Å². The molecule has 0 bridgehead atoms. The van der Waals surface area contributed by atoms with E-state index in [-0.39, 0.29) is 35.0 Å². The van der Waals surface area contributed by atoms with Crippen LogP contribution in [0.4, 0.5) is 0 Å². The van der Waals surface area contributed by atoms with E-state index in [4.69, 9.17) is 4.74 Å². The molecule has 4 rings (SSSR count). The first-order valence-electron chi connectivity index (χ1n) is 9.19. The number of fused-ring (bicyclic) bond motifs is 1. The first-order valence-corrected chi connectivity index (χ1v) is 10.7. The van der Waals surface area contributed by atoms with E-state index in [1.807, 2.05) is 32.0 Å². The van der Waals surface area contributed by atoms with Crippen molar-refractivity contribution in [3.05, 3.63) is 48.2 Å². The highest BCUT2D eigenvalue weighted by atomic mass is 32.2. The van der Waals surface area contributed by atoms with Gasteiger partial charge >= 0.3 is 0 Å². The molecular formula is C19H25N3O3S. The molecule has 2 fully saturated rings. The van der Waals surface area contributed by atoms with Crippen molar-refractivity contribution < 1.29 is 13.2 Å². The first kappa shape index (κ1) is 17.7. The monoisotopic (exact) mass is 375 g/mol. The van der Waals surface area contributed by atoms with E-state index >= 15 is 0 Å². The van der Waals surface area contributed by atoms with E-state index in [9.17, 15) is 8.42 Å². The topological polar surface area (TPSA) is 73.2 Å². The highest BCUT2D eigenvalue weighted by Crippen LogP contribution is 2.45. The Morgan fingerprint density at radius 3 is 2.77 bits per heavy atom. The van der Waals surface area contributed by atoms with Crippen molar-refractivity contribution in [1.29, 1.82) is 0 Å². The van der Waals surface area contributed by atoms with E-state index in [0.717, 1.165) is 12.8 Å². The lowest BCUT2D eigenvalue weighted by Gasteiger charge is -2.47. The Kier molecular flexibility index (Phi) is 4.62. The van der Waals surface area contributed by atoms with Gasteiger partial charge in [-0.3, -0.25) is 4.68 Å². The fourth-order valence-electron chi connectivity index (χ4n) is 4.28. The zero-order valence-electron chi connectivity index (χ0n) is 15.1. The third-order valence-electron chi connectivity index (χ3n) is 5.53. The average molecular weight is 375 g/mol. The molecule has 26 heavy (non-hydrogen) atoms. The molecule has 1 saturated heterocycles. The van der Waals surface area contributed by atoms with Crippen LogP contribution in [-0.4, -0.2) is 37.0 Å². The molecule has 1 N–H and O–H groups in total. The maximum absolute atomic E-state index is 13.0. The first-order chi connectivity index (χ1) is 12.5. The summed E-state index contributed by atoms with van der Waals surface area (Å²) in [5.41, 5.74) is 1.21. The molecule has 1 aromatic carbocycles. The quantitative estimate of drug-likeness (QED) is 0.841. The molecule has 1 saturated carbocycles. The van der Waals surface area contributed by atoms with Crippen LogP contribution >= 0.6 is 0 Å². The number of nitrogens with one attached hydrogen (secondary N) is 1. The van der Waals surface area contributed by atoms with E-state index < -0.39 is 10.0 Å². The van der Waals surface area contributed by atoms with Crippen LogP contribution in [0.1, 0.15) is 31.9 Å². The minimum atomic E-state index is -3.62. The summed E-state index contributed by atoms with van der Waals surface area (Å²) in [6.45, 7) is 4.56. The van der Waals surface area contributed by atoms with E-state index in [1.165, 1.54) is 11.8 Å². The second kappa shape index (κ2) is 6.79. The third kappa shape index (κ3) is 3.08. The normalized spacial score (nSPS) is 28.1. The van der Waals surface area contributed by atoms with Gasteiger partial charge in [-0.15, -0.1) is 0 Å². The molecule has 1 aliphatic carbocycles. The molecule has 0 radical (unpaired) electrons. The van der Waals surface area contributed by atoms with Gasteiger partial charge in [0.15, 0.2) is 5.03 Å². The van der Waals surface area contributed by atoms with Gasteiger partial charge in [-0.1, -0.05) is 30.3 Å². The summed E-state index contributed by atoms with van der Waals surface area (Å²) in [6, 6.07) is 11.7. The average Bonchev–Trinajstić information content (AvgIpc) is 3.27. The second-order valence-electron chi connectivity index (χ2n) is 7.50.